The van der Waals surface area contributed by atoms with Crippen molar-refractivity contribution in [1.29, 1.82) is 0 Å². The molecule has 0 aliphatic heterocycles. The average molecular weight is 343 g/mol. The highest BCUT2D eigenvalue weighted by atomic mass is 127. The zero-order valence-corrected chi connectivity index (χ0v) is 10.6. The minimum atomic E-state index is 0.658. The van der Waals surface area contributed by atoms with Crippen LogP contribution in [0.25, 0.3) is 9.69 Å². The first-order valence-electron chi connectivity index (χ1n) is 3.61. The summed E-state index contributed by atoms with van der Waals surface area (Å²) in [4.78, 5) is 6.32. The molecule has 0 saturated heterocycles. The van der Waals surface area contributed by atoms with E-state index >= 15 is 0 Å². The second-order valence-electron chi connectivity index (χ2n) is 1.85. The van der Waals surface area contributed by atoms with Gasteiger partial charge in [0.25, 0.3) is 0 Å². The van der Waals surface area contributed by atoms with E-state index in [0.29, 0.717) is 13.1 Å². The first-order valence-corrected chi connectivity index (χ1v) is 6.26. The molecule has 0 amide bonds. The Morgan fingerprint density at radius 1 is 1.08 bits per heavy atom. The highest BCUT2D eigenvalue weighted by molar-refractivity contribution is 14.1. The summed E-state index contributed by atoms with van der Waals surface area (Å²) in [6.45, 7) is 14.0. The van der Waals surface area contributed by atoms with Crippen molar-refractivity contribution in [2.24, 2.45) is 0 Å². The van der Waals surface area contributed by atoms with Gasteiger partial charge in [-0.2, -0.15) is 0 Å². The van der Waals surface area contributed by atoms with Crippen LogP contribution >= 0.6 is 38.5 Å². The molecule has 0 atom stereocenters. The zero-order valence-electron chi connectivity index (χ0n) is 6.89. The SMILES string of the molecule is [C-]#[N+]CCCBr.[C-]#[N+]CCCI. The van der Waals surface area contributed by atoms with Crippen LogP contribution < -0.4 is 0 Å². The van der Waals surface area contributed by atoms with Crippen molar-refractivity contribution >= 4 is 38.5 Å². The lowest BCUT2D eigenvalue weighted by Crippen LogP contribution is -1.74. The van der Waals surface area contributed by atoms with E-state index in [1.54, 1.807) is 0 Å². The third-order valence-corrected chi connectivity index (χ3v) is 2.13. The molecule has 0 aromatic carbocycles. The summed E-state index contributed by atoms with van der Waals surface area (Å²) in [6.07, 6.45) is 2.02. The van der Waals surface area contributed by atoms with Crippen molar-refractivity contribution in [2.75, 3.05) is 22.8 Å². The van der Waals surface area contributed by atoms with Crippen LogP contribution in [0.4, 0.5) is 0 Å². The van der Waals surface area contributed by atoms with E-state index in [1.807, 2.05) is 0 Å². The third kappa shape index (κ3) is 22.5. The number of rotatable bonds is 4. The second-order valence-corrected chi connectivity index (χ2v) is 3.72. The van der Waals surface area contributed by atoms with Crippen LogP contribution in [0, 0.1) is 13.1 Å². The van der Waals surface area contributed by atoms with Gasteiger partial charge in [-0.25, -0.2) is 13.1 Å². The summed E-state index contributed by atoms with van der Waals surface area (Å²) >= 11 is 5.47. The van der Waals surface area contributed by atoms with Gasteiger partial charge in [0.1, 0.15) is 0 Å². The minimum Gasteiger partial charge on any atom is -0.317 e. The Morgan fingerprint density at radius 3 is 1.75 bits per heavy atom. The van der Waals surface area contributed by atoms with Crippen LogP contribution in [-0.4, -0.2) is 22.8 Å². The van der Waals surface area contributed by atoms with E-state index in [0.717, 1.165) is 22.6 Å². The third-order valence-electron chi connectivity index (χ3n) is 0.807. The fourth-order valence-electron chi connectivity index (χ4n) is 0.278. The van der Waals surface area contributed by atoms with E-state index in [-0.39, 0.29) is 0 Å². The predicted molar refractivity (Wildman–Crippen MR) is 64.9 cm³/mol. The van der Waals surface area contributed by atoms with Gasteiger partial charge in [0.05, 0.1) is 0 Å². The Morgan fingerprint density at radius 2 is 1.58 bits per heavy atom. The Labute approximate surface area is 96.6 Å². The Hall–Kier alpha value is 0.190. The lowest BCUT2D eigenvalue weighted by Gasteiger charge is -1.74. The summed E-state index contributed by atoms with van der Waals surface area (Å²) in [5, 5.41) is 0.954. The Bertz CT molecular complexity index is 130. The van der Waals surface area contributed by atoms with Gasteiger partial charge in [-0.1, -0.05) is 38.5 Å². The zero-order chi connectivity index (χ0) is 9.66. The first kappa shape index (κ1) is 14.7. The smallest absolute Gasteiger partial charge is 0.215 e. The molecule has 2 nitrogen and oxygen atoms in total. The average Bonchev–Trinajstić information content (AvgIpc) is 2.12. The van der Waals surface area contributed by atoms with E-state index < -0.39 is 0 Å². The largest absolute Gasteiger partial charge is 0.317 e. The van der Waals surface area contributed by atoms with Crippen LogP contribution in [0.5, 0.6) is 0 Å². The second kappa shape index (κ2) is 17.3. The van der Waals surface area contributed by atoms with Gasteiger partial charge in [0, 0.05) is 22.6 Å². The van der Waals surface area contributed by atoms with E-state index in [1.165, 1.54) is 0 Å². The van der Waals surface area contributed by atoms with E-state index in [4.69, 9.17) is 13.1 Å². The van der Waals surface area contributed by atoms with Crippen molar-refractivity contribution in [3.8, 4) is 0 Å². The standard InChI is InChI=1S/C4H6BrN.C4H6IN/c2*1-6-4-2-3-5/h2*2-4H2. The fourth-order valence-corrected chi connectivity index (χ4v) is 0.870. The van der Waals surface area contributed by atoms with Gasteiger partial charge in [-0.05, 0) is 0 Å². The molecule has 0 spiro atoms. The van der Waals surface area contributed by atoms with Crippen molar-refractivity contribution in [3.05, 3.63) is 22.8 Å². The lowest BCUT2D eigenvalue weighted by molar-refractivity contribution is 1.06. The molecule has 68 valence electrons. The maximum atomic E-state index is 6.33. The molecule has 4 heteroatoms. The Balaban J connectivity index is 0. The van der Waals surface area contributed by atoms with Gasteiger partial charge < -0.3 is 9.69 Å². The highest BCUT2D eigenvalue weighted by Crippen LogP contribution is 1.86. The number of hydrogen-bond donors (Lipinski definition) is 0. The van der Waals surface area contributed by atoms with Crippen molar-refractivity contribution in [2.45, 2.75) is 12.8 Å². The molecule has 12 heavy (non-hydrogen) atoms. The molecule has 0 aliphatic rings. The molecule has 0 N–H and O–H groups in total. The van der Waals surface area contributed by atoms with Crippen LogP contribution in [0.15, 0.2) is 0 Å². The molecule has 0 fully saturated rings. The van der Waals surface area contributed by atoms with E-state index in [2.05, 4.69) is 48.2 Å². The molecule has 0 unspecified atom stereocenters. The van der Waals surface area contributed by atoms with Crippen molar-refractivity contribution in [1.82, 2.24) is 0 Å². The first-order chi connectivity index (χ1) is 5.83. The highest BCUT2D eigenvalue weighted by Gasteiger charge is 1.79. The summed E-state index contributed by atoms with van der Waals surface area (Å²) in [5.41, 5.74) is 0. The molecule has 0 aliphatic carbocycles. The molecule has 0 aromatic rings. The normalized spacial score (nSPS) is 7.33. The number of hydrogen-bond acceptors (Lipinski definition) is 0. The van der Waals surface area contributed by atoms with Gasteiger partial charge >= 0.3 is 0 Å². The molecule has 0 saturated carbocycles. The van der Waals surface area contributed by atoms with Gasteiger partial charge in [0.15, 0.2) is 0 Å². The molecular formula is C8H12BrIN2. The monoisotopic (exact) mass is 342 g/mol. The molecular weight excluding hydrogens is 331 g/mol. The quantitative estimate of drug-likeness (QED) is 0.320. The topological polar surface area (TPSA) is 8.72 Å². The number of halogens is 2. The maximum absolute atomic E-state index is 6.33. The van der Waals surface area contributed by atoms with Gasteiger partial charge in [0.2, 0.25) is 13.1 Å². The lowest BCUT2D eigenvalue weighted by atomic mass is 10.5. The van der Waals surface area contributed by atoms with Crippen LogP contribution in [-0.2, 0) is 0 Å². The summed E-state index contributed by atoms with van der Waals surface area (Å²) in [7, 11) is 0. The fraction of sp³-hybridized carbons (Fsp3) is 0.750. The summed E-state index contributed by atoms with van der Waals surface area (Å²) < 4.78 is 1.11. The Kier molecular flexibility index (Phi) is 21.2. The van der Waals surface area contributed by atoms with Crippen molar-refractivity contribution in [3.63, 3.8) is 0 Å². The predicted octanol–water partition coefficient (Wildman–Crippen LogP) is 3.42. The molecule has 0 heterocycles. The minimum absolute atomic E-state index is 0.658. The number of alkyl halides is 2. The maximum Gasteiger partial charge on any atom is 0.215 e. The molecule has 0 bridgehead atoms. The van der Waals surface area contributed by atoms with E-state index in [9.17, 15) is 0 Å². The number of nitrogens with zero attached hydrogens (tertiary/aromatic N) is 2. The van der Waals surface area contributed by atoms with Gasteiger partial charge in [-0.15, -0.1) is 0 Å². The van der Waals surface area contributed by atoms with Gasteiger partial charge in [-0.3, -0.25) is 0 Å². The molecule has 0 rings (SSSR count). The van der Waals surface area contributed by atoms with Crippen LogP contribution in [0.3, 0.4) is 0 Å². The van der Waals surface area contributed by atoms with Crippen LogP contribution in [0.2, 0.25) is 0 Å². The van der Waals surface area contributed by atoms with Crippen molar-refractivity contribution < 1.29 is 0 Å². The molecule has 0 aromatic heterocycles. The summed E-state index contributed by atoms with van der Waals surface area (Å²) in [6, 6.07) is 0. The van der Waals surface area contributed by atoms with Crippen LogP contribution in [0.1, 0.15) is 12.8 Å². The summed E-state index contributed by atoms with van der Waals surface area (Å²) in [5.74, 6) is 0. The molecule has 0 radical (unpaired) electrons.